The molecule has 0 aliphatic carbocycles. The van der Waals surface area contributed by atoms with E-state index in [0.717, 1.165) is 25.9 Å². The summed E-state index contributed by atoms with van der Waals surface area (Å²) >= 11 is 6.25. The summed E-state index contributed by atoms with van der Waals surface area (Å²) < 4.78 is 14.3. The highest BCUT2D eigenvalue weighted by molar-refractivity contribution is 14.0. The molecule has 1 heterocycles. The van der Waals surface area contributed by atoms with Crippen LogP contribution in [0.1, 0.15) is 24.4 Å². The summed E-state index contributed by atoms with van der Waals surface area (Å²) in [6.07, 6.45) is 2.28. The molecule has 7 heteroatoms. The summed E-state index contributed by atoms with van der Waals surface area (Å²) in [4.78, 5) is 6.37. The average molecular weight is 441 g/mol. The van der Waals surface area contributed by atoms with Crippen LogP contribution in [0.3, 0.4) is 0 Å². The highest BCUT2D eigenvalue weighted by Gasteiger charge is 2.27. The van der Waals surface area contributed by atoms with Crippen LogP contribution in [-0.4, -0.2) is 44.6 Å². The first-order valence-electron chi connectivity index (χ1n) is 7.23. The fourth-order valence-electron chi connectivity index (χ4n) is 2.77. The largest absolute Gasteiger partial charge is 0.359 e. The van der Waals surface area contributed by atoms with E-state index in [1.807, 2.05) is 0 Å². The van der Waals surface area contributed by atoms with E-state index in [0.29, 0.717) is 23.1 Å². The fraction of sp³-hybridized carbons (Fsp3) is 0.533. The number of aliphatic imine (C=N–C) groups is 1. The third-order valence-corrected chi connectivity index (χ3v) is 4.17. The lowest BCUT2D eigenvalue weighted by Crippen LogP contribution is -2.41. The maximum atomic E-state index is 14.3. The first-order valence-corrected chi connectivity index (χ1v) is 7.61. The van der Waals surface area contributed by atoms with Crippen molar-refractivity contribution >= 4 is 41.5 Å². The van der Waals surface area contributed by atoms with E-state index in [1.165, 1.54) is 6.07 Å². The third-order valence-electron chi connectivity index (χ3n) is 3.84. The second-order valence-electron chi connectivity index (χ2n) is 5.10. The van der Waals surface area contributed by atoms with E-state index in [9.17, 15) is 4.39 Å². The van der Waals surface area contributed by atoms with Crippen LogP contribution in [0, 0.1) is 5.82 Å². The predicted molar refractivity (Wildman–Crippen MR) is 101 cm³/mol. The Bertz CT molecular complexity index is 486. The number of hydrogen-bond acceptors (Lipinski definition) is 2. The number of likely N-dealkylation sites (tertiary alicyclic amines) is 1. The average Bonchev–Trinajstić information content (AvgIpc) is 3.00. The molecule has 0 spiro atoms. The Morgan fingerprint density at radius 1 is 1.41 bits per heavy atom. The van der Waals surface area contributed by atoms with Crippen molar-refractivity contribution in [2.75, 3.05) is 33.7 Å². The maximum Gasteiger partial charge on any atom is 0.190 e. The van der Waals surface area contributed by atoms with Gasteiger partial charge in [-0.1, -0.05) is 17.7 Å². The minimum Gasteiger partial charge on any atom is -0.359 e. The van der Waals surface area contributed by atoms with Gasteiger partial charge in [-0.15, -0.1) is 24.0 Å². The normalized spacial score (nSPS) is 17.0. The molecule has 0 aromatic heterocycles. The topological polar surface area (TPSA) is 39.7 Å². The van der Waals surface area contributed by atoms with E-state index in [4.69, 9.17) is 11.6 Å². The predicted octanol–water partition coefficient (Wildman–Crippen LogP) is 3.03. The third kappa shape index (κ3) is 4.70. The van der Waals surface area contributed by atoms with E-state index < -0.39 is 0 Å². The summed E-state index contributed by atoms with van der Waals surface area (Å²) in [5, 5.41) is 6.67. The number of nitrogens with one attached hydrogen (secondary N) is 2. The van der Waals surface area contributed by atoms with Gasteiger partial charge in [0.1, 0.15) is 5.82 Å². The SMILES string of the molecule is CN=C(NC)NCC(c1c(F)cccc1Cl)N1CCCC1.I. The Labute approximate surface area is 153 Å². The van der Waals surface area contributed by atoms with Gasteiger partial charge in [0.25, 0.3) is 0 Å². The molecule has 1 aromatic rings. The molecule has 0 radical (unpaired) electrons. The van der Waals surface area contributed by atoms with Crippen LogP contribution in [-0.2, 0) is 0 Å². The first-order chi connectivity index (χ1) is 10.2. The van der Waals surface area contributed by atoms with Crippen molar-refractivity contribution in [3.8, 4) is 0 Å². The van der Waals surface area contributed by atoms with Gasteiger partial charge in [0, 0.05) is 31.2 Å². The van der Waals surface area contributed by atoms with Crippen LogP contribution in [0.2, 0.25) is 5.02 Å². The van der Waals surface area contributed by atoms with Gasteiger partial charge in [0.2, 0.25) is 0 Å². The monoisotopic (exact) mass is 440 g/mol. The Morgan fingerprint density at radius 2 is 2.09 bits per heavy atom. The van der Waals surface area contributed by atoms with Gasteiger partial charge in [0.15, 0.2) is 5.96 Å². The Hall–Kier alpha value is -0.600. The van der Waals surface area contributed by atoms with Gasteiger partial charge in [0.05, 0.1) is 6.04 Å². The van der Waals surface area contributed by atoms with Crippen molar-refractivity contribution in [3.63, 3.8) is 0 Å². The molecule has 1 saturated heterocycles. The maximum absolute atomic E-state index is 14.3. The van der Waals surface area contributed by atoms with Crippen LogP contribution in [0.25, 0.3) is 0 Å². The molecule has 0 bridgehead atoms. The van der Waals surface area contributed by atoms with Crippen LogP contribution in [0.4, 0.5) is 4.39 Å². The summed E-state index contributed by atoms with van der Waals surface area (Å²) in [5.41, 5.74) is 0.570. The summed E-state index contributed by atoms with van der Waals surface area (Å²) in [5.74, 6) is 0.437. The molecule has 1 unspecified atom stereocenters. The van der Waals surface area contributed by atoms with Gasteiger partial charge in [-0.05, 0) is 38.1 Å². The Kier molecular flexibility index (Phi) is 8.41. The number of hydrogen-bond donors (Lipinski definition) is 2. The van der Waals surface area contributed by atoms with Gasteiger partial charge in [-0.2, -0.15) is 0 Å². The van der Waals surface area contributed by atoms with Gasteiger partial charge < -0.3 is 10.6 Å². The number of benzene rings is 1. The molecule has 4 nitrogen and oxygen atoms in total. The molecular formula is C15H23ClFIN4. The lowest BCUT2D eigenvalue weighted by atomic mass is 10.0. The summed E-state index contributed by atoms with van der Waals surface area (Å²) in [6.45, 7) is 2.50. The first kappa shape index (κ1) is 19.4. The van der Waals surface area contributed by atoms with Crippen molar-refractivity contribution in [2.24, 2.45) is 4.99 Å². The van der Waals surface area contributed by atoms with Crippen molar-refractivity contribution in [1.29, 1.82) is 0 Å². The molecule has 0 saturated carbocycles. The fourth-order valence-corrected chi connectivity index (χ4v) is 3.06. The molecule has 22 heavy (non-hydrogen) atoms. The van der Waals surface area contributed by atoms with Crippen molar-refractivity contribution in [1.82, 2.24) is 15.5 Å². The zero-order valence-electron chi connectivity index (χ0n) is 12.9. The number of rotatable bonds is 4. The summed E-state index contributed by atoms with van der Waals surface area (Å²) in [6, 6.07) is 4.77. The lowest BCUT2D eigenvalue weighted by Gasteiger charge is -2.29. The molecule has 1 aliphatic rings. The van der Waals surface area contributed by atoms with E-state index in [2.05, 4.69) is 20.5 Å². The molecule has 1 aromatic carbocycles. The minimum absolute atomic E-state index is 0. The van der Waals surface area contributed by atoms with Crippen LogP contribution in [0.5, 0.6) is 0 Å². The molecule has 1 fully saturated rings. The van der Waals surface area contributed by atoms with Crippen LogP contribution >= 0.6 is 35.6 Å². The standard InChI is InChI=1S/C15H22ClFN4.HI/c1-18-15(19-2)20-10-13(21-8-3-4-9-21)14-11(16)6-5-7-12(14)17;/h5-7,13H,3-4,8-10H2,1-2H3,(H2,18,19,20);1H. The van der Waals surface area contributed by atoms with Crippen LogP contribution in [0.15, 0.2) is 23.2 Å². The highest BCUT2D eigenvalue weighted by Crippen LogP contribution is 2.31. The number of nitrogens with zero attached hydrogens (tertiary/aromatic N) is 2. The van der Waals surface area contributed by atoms with Crippen molar-refractivity contribution < 1.29 is 4.39 Å². The summed E-state index contributed by atoms with van der Waals surface area (Å²) in [7, 11) is 3.51. The molecule has 2 N–H and O–H groups in total. The van der Waals surface area contributed by atoms with E-state index >= 15 is 0 Å². The van der Waals surface area contributed by atoms with E-state index in [-0.39, 0.29) is 35.8 Å². The zero-order chi connectivity index (χ0) is 15.2. The molecule has 1 aliphatic heterocycles. The van der Waals surface area contributed by atoms with Crippen molar-refractivity contribution in [3.05, 3.63) is 34.6 Å². The highest BCUT2D eigenvalue weighted by atomic mass is 127. The lowest BCUT2D eigenvalue weighted by molar-refractivity contribution is 0.240. The number of halogens is 3. The Balaban J connectivity index is 0.00000242. The Morgan fingerprint density at radius 3 is 2.64 bits per heavy atom. The van der Waals surface area contributed by atoms with Gasteiger partial charge in [-0.25, -0.2) is 4.39 Å². The molecule has 124 valence electrons. The number of guanidine groups is 1. The zero-order valence-corrected chi connectivity index (χ0v) is 16.0. The molecule has 2 rings (SSSR count). The molecule has 0 amide bonds. The molecule has 1 atom stereocenters. The second kappa shape index (κ2) is 9.52. The quantitative estimate of drug-likeness (QED) is 0.429. The van der Waals surface area contributed by atoms with Gasteiger partial charge in [-0.3, -0.25) is 9.89 Å². The van der Waals surface area contributed by atoms with Crippen molar-refractivity contribution in [2.45, 2.75) is 18.9 Å². The van der Waals surface area contributed by atoms with Crippen LogP contribution < -0.4 is 10.6 Å². The smallest absolute Gasteiger partial charge is 0.190 e. The van der Waals surface area contributed by atoms with Gasteiger partial charge >= 0.3 is 0 Å². The molecular weight excluding hydrogens is 418 g/mol. The second-order valence-corrected chi connectivity index (χ2v) is 5.50. The van der Waals surface area contributed by atoms with E-state index in [1.54, 1.807) is 26.2 Å². The minimum atomic E-state index is -0.249.